The van der Waals surface area contributed by atoms with Gasteiger partial charge in [0.25, 0.3) is 0 Å². The molecular weight excluding hydrogens is 286 g/mol. The van der Waals surface area contributed by atoms with Gasteiger partial charge in [0.05, 0.1) is 5.56 Å². The van der Waals surface area contributed by atoms with Crippen molar-refractivity contribution in [3.8, 4) is 0 Å². The van der Waals surface area contributed by atoms with E-state index < -0.39 is 0 Å². The average molecular weight is 312 g/mol. The number of aryl methyl sites for hydroxylation is 2. The fourth-order valence-corrected chi connectivity index (χ4v) is 2.96. The van der Waals surface area contributed by atoms with Crippen molar-refractivity contribution in [3.63, 3.8) is 0 Å². The molecule has 1 rings (SSSR count). The molecule has 3 nitrogen and oxygen atoms in total. The molecule has 20 heavy (non-hydrogen) atoms. The van der Waals surface area contributed by atoms with Crippen molar-refractivity contribution in [2.24, 2.45) is 5.73 Å². The summed E-state index contributed by atoms with van der Waals surface area (Å²) in [5.41, 5.74) is 8.76. The van der Waals surface area contributed by atoms with Crippen LogP contribution in [0.3, 0.4) is 0 Å². The first kappa shape index (κ1) is 17.2. The second kappa shape index (κ2) is 9.19. The van der Waals surface area contributed by atoms with Crippen LogP contribution in [0.2, 0.25) is 0 Å². The van der Waals surface area contributed by atoms with Crippen LogP contribution in [0, 0.1) is 13.8 Å². The van der Waals surface area contributed by atoms with Gasteiger partial charge in [-0.2, -0.15) is 11.8 Å². The van der Waals surface area contributed by atoms with Crippen LogP contribution in [0.25, 0.3) is 0 Å². The summed E-state index contributed by atoms with van der Waals surface area (Å²) in [5.74, 6) is 2.09. The van der Waals surface area contributed by atoms with Crippen LogP contribution in [0.4, 0.5) is 5.82 Å². The molecule has 0 fully saturated rings. The molecule has 0 amide bonds. The molecule has 0 aromatic carbocycles. The molecule has 1 heterocycles. The maximum absolute atomic E-state index is 5.80. The lowest BCUT2D eigenvalue weighted by molar-refractivity contribution is 0.688. The van der Waals surface area contributed by atoms with Gasteiger partial charge in [-0.15, -0.1) is 0 Å². The maximum Gasteiger partial charge on any atom is 0.136 e. The van der Waals surface area contributed by atoms with Gasteiger partial charge in [-0.1, -0.05) is 25.1 Å². The van der Waals surface area contributed by atoms with Gasteiger partial charge in [-0.3, -0.25) is 0 Å². The lowest BCUT2D eigenvalue weighted by Crippen LogP contribution is -2.17. The van der Waals surface area contributed by atoms with E-state index in [9.17, 15) is 0 Å². The Labute approximate surface area is 132 Å². The Bertz CT molecular complexity index is 447. The third-order valence-electron chi connectivity index (χ3n) is 3.16. The number of nitrogens with two attached hydrogens (primary N) is 1. The topological polar surface area (TPSA) is 50.9 Å². The molecule has 0 aliphatic carbocycles. The summed E-state index contributed by atoms with van der Waals surface area (Å²) in [6.07, 6.45) is 7.16. The zero-order chi connectivity index (χ0) is 15.0. The quantitative estimate of drug-likeness (QED) is 0.538. The van der Waals surface area contributed by atoms with Crippen LogP contribution < -0.4 is 11.1 Å². The SMILES string of the molecule is CSCCCCCCNc1nc(C)cc(C)c1C(N)=S. The second-order valence-corrected chi connectivity index (χ2v) is 6.43. The lowest BCUT2D eigenvalue weighted by atomic mass is 10.1. The summed E-state index contributed by atoms with van der Waals surface area (Å²) in [6, 6.07) is 2.02. The van der Waals surface area contributed by atoms with Crippen molar-refractivity contribution in [2.75, 3.05) is 23.9 Å². The molecule has 0 aliphatic heterocycles. The Morgan fingerprint density at radius 2 is 2.00 bits per heavy atom. The second-order valence-electron chi connectivity index (χ2n) is 5.00. The zero-order valence-corrected chi connectivity index (χ0v) is 14.3. The summed E-state index contributed by atoms with van der Waals surface area (Å²) in [6.45, 7) is 4.94. The van der Waals surface area contributed by atoms with Gasteiger partial charge in [0.1, 0.15) is 10.8 Å². The number of thiocarbonyl (C=S) groups is 1. The number of thioether (sulfide) groups is 1. The molecular formula is C15H25N3S2. The van der Waals surface area contributed by atoms with Gasteiger partial charge in [0.15, 0.2) is 0 Å². The summed E-state index contributed by atoms with van der Waals surface area (Å²) in [5, 5.41) is 3.38. The number of hydrogen-bond acceptors (Lipinski definition) is 4. The molecule has 0 aliphatic rings. The van der Waals surface area contributed by atoms with Crippen LogP contribution in [-0.2, 0) is 0 Å². The summed E-state index contributed by atoms with van der Waals surface area (Å²) in [7, 11) is 0. The fourth-order valence-electron chi connectivity index (χ4n) is 2.21. The summed E-state index contributed by atoms with van der Waals surface area (Å²) >= 11 is 7.04. The number of anilines is 1. The third-order valence-corrected chi connectivity index (χ3v) is 4.06. The molecule has 0 atom stereocenters. The van der Waals surface area contributed by atoms with E-state index in [4.69, 9.17) is 18.0 Å². The maximum atomic E-state index is 5.80. The number of nitrogens with zero attached hydrogens (tertiary/aromatic N) is 1. The average Bonchev–Trinajstić information content (AvgIpc) is 2.36. The van der Waals surface area contributed by atoms with Gasteiger partial charge in [-0.05, 0) is 50.3 Å². The van der Waals surface area contributed by atoms with Crippen molar-refractivity contribution in [1.82, 2.24) is 4.98 Å². The molecule has 0 saturated carbocycles. The third kappa shape index (κ3) is 5.67. The van der Waals surface area contributed by atoms with Gasteiger partial charge in [-0.25, -0.2) is 4.98 Å². The van der Waals surface area contributed by atoms with Gasteiger partial charge in [0, 0.05) is 12.2 Å². The van der Waals surface area contributed by atoms with E-state index in [2.05, 4.69) is 16.6 Å². The Morgan fingerprint density at radius 1 is 1.30 bits per heavy atom. The Morgan fingerprint density at radius 3 is 2.65 bits per heavy atom. The Balaban J connectivity index is 2.49. The number of pyridine rings is 1. The van der Waals surface area contributed by atoms with E-state index in [1.54, 1.807) is 0 Å². The van der Waals surface area contributed by atoms with E-state index in [1.807, 2.05) is 31.7 Å². The highest BCUT2D eigenvalue weighted by Gasteiger charge is 2.10. The predicted octanol–water partition coefficient (Wildman–Crippen LogP) is 3.67. The first-order chi connectivity index (χ1) is 9.56. The van der Waals surface area contributed by atoms with E-state index in [1.165, 1.54) is 25.0 Å². The molecule has 0 saturated heterocycles. The van der Waals surface area contributed by atoms with Gasteiger partial charge >= 0.3 is 0 Å². The van der Waals surface area contributed by atoms with E-state index in [0.29, 0.717) is 4.99 Å². The van der Waals surface area contributed by atoms with Crippen LogP contribution in [0.5, 0.6) is 0 Å². The first-order valence-corrected chi connectivity index (χ1v) is 8.87. The fraction of sp³-hybridized carbons (Fsp3) is 0.600. The molecule has 0 unspecified atom stereocenters. The first-order valence-electron chi connectivity index (χ1n) is 7.07. The number of aromatic nitrogens is 1. The molecule has 0 spiro atoms. The molecule has 1 aromatic heterocycles. The monoisotopic (exact) mass is 311 g/mol. The minimum Gasteiger partial charge on any atom is -0.389 e. The number of hydrogen-bond donors (Lipinski definition) is 2. The molecule has 0 radical (unpaired) electrons. The van der Waals surface area contributed by atoms with Crippen molar-refractivity contribution in [2.45, 2.75) is 39.5 Å². The highest BCUT2D eigenvalue weighted by Crippen LogP contribution is 2.18. The normalized spacial score (nSPS) is 10.6. The number of unbranched alkanes of at least 4 members (excludes halogenated alkanes) is 3. The minimum absolute atomic E-state index is 0.414. The van der Waals surface area contributed by atoms with Crippen molar-refractivity contribution < 1.29 is 0 Å². The predicted molar refractivity (Wildman–Crippen MR) is 94.9 cm³/mol. The van der Waals surface area contributed by atoms with Crippen molar-refractivity contribution in [3.05, 3.63) is 22.9 Å². The molecule has 112 valence electrons. The molecule has 3 N–H and O–H groups in total. The smallest absolute Gasteiger partial charge is 0.136 e. The molecule has 0 bridgehead atoms. The van der Waals surface area contributed by atoms with Crippen LogP contribution in [0.15, 0.2) is 6.07 Å². The largest absolute Gasteiger partial charge is 0.389 e. The highest BCUT2D eigenvalue weighted by atomic mass is 32.2. The van der Waals surface area contributed by atoms with Crippen molar-refractivity contribution in [1.29, 1.82) is 0 Å². The Hall–Kier alpha value is -0.810. The van der Waals surface area contributed by atoms with Crippen LogP contribution in [-0.4, -0.2) is 28.5 Å². The van der Waals surface area contributed by atoms with E-state index >= 15 is 0 Å². The zero-order valence-electron chi connectivity index (χ0n) is 12.7. The number of rotatable bonds is 9. The molecule has 1 aromatic rings. The summed E-state index contributed by atoms with van der Waals surface area (Å²) in [4.78, 5) is 4.93. The van der Waals surface area contributed by atoms with E-state index in [0.717, 1.165) is 35.6 Å². The van der Waals surface area contributed by atoms with E-state index in [-0.39, 0.29) is 0 Å². The standard InChI is InChI=1S/C15H25N3S2/c1-11-10-12(2)18-15(13(11)14(16)19)17-8-6-4-5-7-9-20-3/h10H,4-9H2,1-3H3,(H2,16,19)(H,17,18). The van der Waals surface area contributed by atoms with Crippen LogP contribution in [0.1, 0.15) is 42.5 Å². The highest BCUT2D eigenvalue weighted by molar-refractivity contribution is 7.98. The summed E-state index contributed by atoms with van der Waals surface area (Å²) < 4.78 is 0. The lowest BCUT2D eigenvalue weighted by Gasteiger charge is -2.13. The van der Waals surface area contributed by atoms with Gasteiger partial charge < -0.3 is 11.1 Å². The Kier molecular flexibility index (Phi) is 7.92. The number of nitrogens with one attached hydrogen (secondary N) is 1. The van der Waals surface area contributed by atoms with Crippen LogP contribution >= 0.6 is 24.0 Å². The van der Waals surface area contributed by atoms with Gasteiger partial charge in [0.2, 0.25) is 0 Å². The van der Waals surface area contributed by atoms with Crippen molar-refractivity contribution >= 4 is 34.8 Å². The minimum atomic E-state index is 0.414. The molecule has 5 heteroatoms.